The summed E-state index contributed by atoms with van der Waals surface area (Å²) in [6.07, 6.45) is 2.10. The van der Waals surface area contributed by atoms with Gasteiger partial charge in [0.05, 0.1) is 12.6 Å². The molecule has 1 amide bonds. The van der Waals surface area contributed by atoms with Gasteiger partial charge in [0.2, 0.25) is 5.91 Å². The highest BCUT2D eigenvalue weighted by Gasteiger charge is 2.27. The molecule has 1 aliphatic heterocycles. The van der Waals surface area contributed by atoms with Crippen LogP contribution in [0.5, 0.6) is 0 Å². The van der Waals surface area contributed by atoms with Gasteiger partial charge in [-0.1, -0.05) is 31.2 Å². The third-order valence-corrected chi connectivity index (χ3v) is 5.68. The van der Waals surface area contributed by atoms with Crippen molar-refractivity contribution in [2.45, 2.75) is 43.9 Å². The first-order valence-corrected chi connectivity index (χ1v) is 9.58. The highest BCUT2D eigenvalue weighted by molar-refractivity contribution is 7.99. The number of carbonyl (C=O) groups excluding carboxylic acids is 1. The van der Waals surface area contributed by atoms with Crippen molar-refractivity contribution in [3.63, 3.8) is 0 Å². The summed E-state index contributed by atoms with van der Waals surface area (Å²) in [5.41, 5.74) is 0.804. The van der Waals surface area contributed by atoms with Crippen LogP contribution in [0.15, 0.2) is 33.5 Å². The predicted octanol–water partition coefficient (Wildman–Crippen LogP) is 2.61. The van der Waals surface area contributed by atoms with Crippen molar-refractivity contribution in [1.29, 1.82) is 0 Å². The number of aromatic nitrogens is 2. The second-order valence-corrected chi connectivity index (χ2v) is 7.53. The lowest BCUT2D eigenvalue weighted by molar-refractivity contribution is -0.121. The predicted molar refractivity (Wildman–Crippen MR) is 93.0 cm³/mol. The zero-order valence-corrected chi connectivity index (χ0v) is 14.6. The molecule has 5 nitrogen and oxygen atoms in total. The van der Waals surface area contributed by atoms with Crippen LogP contribution in [0.1, 0.15) is 36.4 Å². The van der Waals surface area contributed by atoms with Gasteiger partial charge >= 0.3 is 0 Å². The summed E-state index contributed by atoms with van der Waals surface area (Å²) in [6.45, 7) is 2.62. The van der Waals surface area contributed by atoms with Crippen LogP contribution in [0.4, 0.5) is 0 Å². The molecule has 3 rings (SSSR count). The van der Waals surface area contributed by atoms with Gasteiger partial charge in [-0.15, -0.1) is 11.3 Å². The Morgan fingerprint density at radius 3 is 3.13 bits per heavy atom. The second-order valence-electron chi connectivity index (χ2n) is 5.51. The van der Waals surface area contributed by atoms with Gasteiger partial charge in [0.15, 0.2) is 5.16 Å². The number of fused-ring (bicyclic) bond motifs is 1. The molecule has 0 bridgehead atoms. The molecule has 0 saturated carbocycles. The van der Waals surface area contributed by atoms with E-state index in [1.165, 1.54) is 0 Å². The molecule has 2 aromatic rings. The summed E-state index contributed by atoms with van der Waals surface area (Å²) in [5, 5.41) is 5.66. The summed E-state index contributed by atoms with van der Waals surface area (Å²) in [4.78, 5) is 30.1. The highest BCUT2D eigenvalue weighted by Crippen LogP contribution is 2.32. The van der Waals surface area contributed by atoms with E-state index in [1.807, 2.05) is 17.5 Å². The standard InChI is InChI=1S/C16H19N3O2S2/c1-2-4-11-7-15(21)19-12(10-23-16(19)18-11)8-14(20)17-9-13-5-3-6-22-13/h3,5-7,12H,2,4,8-10H2,1H3,(H,17,20). The van der Waals surface area contributed by atoms with Gasteiger partial charge in [-0.3, -0.25) is 14.2 Å². The Bertz CT molecular complexity index is 740. The second kappa shape index (κ2) is 7.31. The van der Waals surface area contributed by atoms with Crippen LogP contribution < -0.4 is 10.9 Å². The van der Waals surface area contributed by atoms with Crippen molar-refractivity contribution < 1.29 is 4.79 Å². The van der Waals surface area contributed by atoms with E-state index in [0.717, 1.165) is 34.3 Å². The molecular weight excluding hydrogens is 330 g/mol. The molecule has 1 atom stereocenters. The number of nitrogens with one attached hydrogen (secondary N) is 1. The van der Waals surface area contributed by atoms with Crippen LogP contribution in [0, 0.1) is 0 Å². The lowest BCUT2D eigenvalue weighted by Gasteiger charge is -2.13. The largest absolute Gasteiger partial charge is 0.351 e. The topological polar surface area (TPSA) is 64.0 Å². The lowest BCUT2D eigenvalue weighted by Crippen LogP contribution is -2.30. The summed E-state index contributed by atoms with van der Waals surface area (Å²) in [5.74, 6) is 0.700. The molecule has 3 heterocycles. The van der Waals surface area contributed by atoms with Gasteiger partial charge in [0.1, 0.15) is 0 Å². The number of aryl methyl sites for hydroxylation is 1. The van der Waals surface area contributed by atoms with Gasteiger partial charge in [-0.25, -0.2) is 4.98 Å². The van der Waals surface area contributed by atoms with Crippen LogP contribution in [0.2, 0.25) is 0 Å². The van der Waals surface area contributed by atoms with Crippen molar-refractivity contribution in [1.82, 2.24) is 14.9 Å². The van der Waals surface area contributed by atoms with Gasteiger partial charge in [0.25, 0.3) is 5.56 Å². The highest BCUT2D eigenvalue weighted by atomic mass is 32.2. The average Bonchev–Trinajstić information content (AvgIpc) is 3.16. The van der Waals surface area contributed by atoms with E-state index in [1.54, 1.807) is 33.7 Å². The summed E-state index contributed by atoms with van der Waals surface area (Å²) in [6, 6.07) is 5.47. The fraction of sp³-hybridized carbons (Fsp3) is 0.438. The zero-order chi connectivity index (χ0) is 16.2. The number of hydrogen-bond donors (Lipinski definition) is 1. The first-order chi connectivity index (χ1) is 11.2. The zero-order valence-electron chi connectivity index (χ0n) is 12.9. The lowest BCUT2D eigenvalue weighted by atomic mass is 10.2. The number of nitrogens with zero attached hydrogens (tertiary/aromatic N) is 2. The van der Waals surface area contributed by atoms with Gasteiger partial charge in [0, 0.05) is 28.8 Å². The van der Waals surface area contributed by atoms with Gasteiger partial charge in [-0.05, 0) is 17.9 Å². The fourth-order valence-electron chi connectivity index (χ4n) is 2.62. The molecule has 1 N–H and O–H groups in total. The third-order valence-electron chi connectivity index (χ3n) is 3.71. The first kappa shape index (κ1) is 16.3. The van der Waals surface area contributed by atoms with E-state index in [4.69, 9.17) is 0 Å². The summed E-state index contributed by atoms with van der Waals surface area (Å²) < 4.78 is 1.68. The van der Waals surface area contributed by atoms with Crippen molar-refractivity contribution in [3.05, 3.63) is 44.5 Å². The Morgan fingerprint density at radius 2 is 2.39 bits per heavy atom. The molecule has 2 aromatic heterocycles. The molecule has 7 heteroatoms. The summed E-state index contributed by atoms with van der Waals surface area (Å²) in [7, 11) is 0. The van der Waals surface area contributed by atoms with Crippen molar-refractivity contribution in [3.8, 4) is 0 Å². The van der Waals surface area contributed by atoms with Crippen LogP contribution in [-0.4, -0.2) is 21.2 Å². The number of thiophene rings is 1. The minimum Gasteiger partial charge on any atom is -0.351 e. The number of hydrogen-bond acceptors (Lipinski definition) is 5. The van der Waals surface area contributed by atoms with Crippen LogP contribution in [-0.2, 0) is 17.8 Å². The smallest absolute Gasteiger partial charge is 0.254 e. The van der Waals surface area contributed by atoms with E-state index in [2.05, 4.69) is 17.2 Å². The Kier molecular flexibility index (Phi) is 5.17. The monoisotopic (exact) mass is 349 g/mol. The molecule has 23 heavy (non-hydrogen) atoms. The molecule has 0 fully saturated rings. The van der Waals surface area contributed by atoms with E-state index in [0.29, 0.717) is 13.0 Å². The molecule has 0 spiro atoms. The van der Waals surface area contributed by atoms with E-state index in [9.17, 15) is 9.59 Å². The molecule has 122 valence electrons. The molecule has 1 unspecified atom stereocenters. The van der Waals surface area contributed by atoms with Crippen LogP contribution in [0.3, 0.4) is 0 Å². The third kappa shape index (κ3) is 3.84. The Hall–Kier alpha value is -1.60. The number of rotatable bonds is 6. The minimum absolute atomic E-state index is 0.0265. The van der Waals surface area contributed by atoms with E-state index >= 15 is 0 Å². The number of amides is 1. The Balaban J connectivity index is 1.65. The Labute approximate surface area is 143 Å². The number of carbonyl (C=O) groups is 1. The molecule has 0 saturated heterocycles. The van der Waals surface area contributed by atoms with Crippen molar-refractivity contribution in [2.24, 2.45) is 0 Å². The molecule has 0 radical (unpaired) electrons. The fourth-order valence-corrected chi connectivity index (χ4v) is 4.43. The molecule has 1 aliphatic rings. The Morgan fingerprint density at radius 1 is 1.52 bits per heavy atom. The molecular formula is C16H19N3O2S2. The van der Waals surface area contributed by atoms with Crippen molar-refractivity contribution in [2.75, 3.05) is 5.75 Å². The average molecular weight is 349 g/mol. The molecule has 0 aliphatic carbocycles. The minimum atomic E-state index is -0.103. The maximum atomic E-state index is 12.3. The van der Waals surface area contributed by atoms with Crippen LogP contribution >= 0.6 is 23.1 Å². The van der Waals surface area contributed by atoms with E-state index < -0.39 is 0 Å². The maximum Gasteiger partial charge on any atom is 0.254 e. The first-order valence-electron chi connectivity index (χ1n) is 7.71. The maximum absolute atomic E-state index is 12.3. The van der Waals surface area contributed by atoms with Crippen molar-refractivity contribution >= 4 is 29.0 Å². The SMILES string of the molecule is CCCc1cc(=O)n2c(n1)SCC2CC(=O)NCc1cccs1. The van der Waals surface area contributed by atoms with E-state index in [-0.39, 0.29) is 17.5 Å². The quantitative estimate of drug-likeness (QED) is 0.814. The van der Waals surface area contributed by atoms with Gasteiger partial charge < -0.3 is 5.32 Å². The number of thioether (sulfide) groups is 1. The normalized spacial score (nSPS) is 16.3. The van der Waals surface area contributed by atoms with Crippen LogP contribution in [0.25, 0.3) is 0 Å². The summed E-state index contributed by atoms with van der Waals surface area (Å²) >= 11 is 3.18. The molecule has 0 aromatic carbocycles. The van der Waals surface area contributed by atoms with Gasteiger partial charge in [-0.2, -0.15) is 0 Å².